The van der Waals surface area contributed by atoms with Crippen molar-refractivity contribution in [2.45, 2.75) is 71.6 Å². The third kappa shape index (κ3) is 7.45. The van der Waals surface area contributed by atoms with E-state index in [0.717, 1.165) is 19.3 Å². The first-order chi connectivity index (χ1) is 17.1. The van der Waals surface area contributed by atoms with E-state index in [9.17, 15) is 0 Å². The highest BCUT2D eigenvalue weighted by Crippen LogP contribution is 2.38. The van der Waals surface area contributed by atoms with Crippen molar-refractivity contribution in [2.24, 2.45) is 29.2 Å². The Labute approximate surface area is 214 Å². The topological polar surface area (TPSA) is 52.0 Å². The number of allylic oxidation sites excluding steroid dienone is 14. The van der Waals surface area contributed by atoms with Gasteiger partial charge in [0.25, 0.3) is 0 Å². The van der Waals surface area contributed by atoms with E-state index in [2.05, 4.69) is 69.0 Å². The molecule has 35 heavy (non-hydrogen) atoms. The van der Waals surface area contributed by atoms with Gasteiger partial charge in [-0.25, -0.2) is 0 Å². The van der Waals surface area contributed by atoms with Crippen LogP contribution in [0, 0.1) is 17.8 Å². The molecule has 0 aliphatic heterocycles. The van der Waals surface area contributed by atoms with Gasteiger partial charge in [0.2, 0.25) is 0 Å². The molecular weight excluding hydrogens is 424 g/mol. The maximum absolute atomic E-state index is 6.08. The summed E-state index contributed by atoms with van der Waals surface area (Å²) in [6.07, 6.45) is 34.8. The van der Waals surface area contributed by atoms with Crippen LogP contribution in [0.2, 0.25) is 0 Å². The molecule has 3 aliphatic rings. The molecule has 4 N–H and O–H groups in total. The molecule has 3 aliphatic carbocycles. The third-order valence-corrected chi connectivity index (χ3v) is 8.10. The lowest BCUT2D eigenvalue weighted by Crippen LogP contribution is -2.20. The average Bonchev–Trinajstić information content (AvgIpc) is 2.92. The molecule has 188 valence electrons. The van der Waals surface area contributed by atoms with Crippen LogP contribution in [-0.4, -0.2) is 6.54 Å². The van der Waals surface area contributed by atoms with Crippen LogP contribution in [0.3, 0.4) is 0 Å². The SMILES string of the molecule is C=C/C=C(\CN)C1=CC=C(C2=CC=C(C(C)CCC(C(/C=C\C)=C/N)C3CC=CCC3)CC2)CC1. The third-order valence-electron chi connectivity index (χ3n) is 8.10. The van der Waals surface area contributed by atoms with Gasteiger partial charge in [0.1, 0.15) is 0 Å². The standard InChI is InChI=1S/C33H46N2/c1-4-9-31(23-34)29-20-18-28(19-21-29)27-16-14-26(15-17-27)25(3)13-22-33(32(24-35)10-5-2)30-11-7-6-8-12-30/h4-7,9-10,14,16,18,20,24-25,30,33H,1,8,11-13,15,17,19,21-23,34-35H2,2-3H3/b10-5-,31-9+,32-24+. The molecule has 0 heterocycles. The van der Waals surface area contributed by atoms with Crippen molar-refractivity contribution >= 4 is 0 Å². The summed E-state index contributed by atoms with van der Waals surface area (Å²) in [6.45, 7) is 8.90. The van der Waals surface area contributed by atoms with Crippen LogP contribution in [0.25, 0.3) is 0 Å². The van der Waals surface area contributed by atoms with Crippen molar-refractivity contribution in [1.82, 2.24) is 0 Å². The summed E-state index contributed by atoms with van der Waals surface area (Å²) in [5, 5.41) is 0. The van der Waals surface area contributed by atoms with Crippen LogP contribution in [0.15, 0.2) is 107 Å². The Hall–Kier alpha value is -2.58. The predicted octanol–water partition coefficient (Wildman–Crippen LogP) is 8.16. The summed E-state index contributed by atoms with van der Waals surface area (Å²) in [7, 11) is 0. The molecule has 3 rings (SSSR count). The van der Waals surface area contributed by atoms with E-state index < -0.39 is 0 Å². The van der Waals surface area contributed by atoms with Crippen molar-refractivity contribution in [2.75, 3.05) is 6.54 Å². The van der Waals surface area contributed by atoms with Gasteiger partial charge in [0.05, 0.1) is 0 Å². The van der Waals surface area contributed by atoms with E-state index in [1.807, 2.05) is 18.4 Å². The van der Waals surface area contributed by atoms with Gasteiger partial charge in [0.15, 0.2) is 0 Å². The lowest BCUT2D eigenvalue weighted by atomic mass is 9.74. The van der Waals surface area contributed by atoms with E-state index >= 15 is 0 Å². The highest BCUT2D eigenvalue weighted by atomic mass is 14.5. The second kappa shape index (κ2) is 14.1. The fourth-order valence-corrected chi connectivity index (χ4v) is 5.92. The normalized spacial score (nSPS) is 23.3. The zero-order valence-corrected chi connectivity index (χ0v) is 22.0. The van der Waals surface area contributed by atoms with Gasteiger partial charge in [-0.1, -0.05) is 79.8 Å². The summed E-state index contributed by atoms with van der Waals surface area (Å²) in [5.74, 6) is 1.88. The van der Waals surface area contributed by atoms with Crippen LogP contribution in [0.1, 0.15) is 71.6 Å². The summed E-state index contributed by atoms with van der Waals surface area (Å²) in [6, 6.07) is 0. The van der Waals surface area contributed by atoms with Gasteiger partial charge in [-0.15, -0.1) is 0 Å². The van der Waals surface area contributed by atoms with Gasteiger partial charge in [-0.05, 0) is 117 Å². The lowest BCUT2D eigenvalue weighted by molar-refractivity contribution is 0.318. The van der Waals surface area contributed by atoms with Crippen molar-refractivity contribution in [1.29, 1.82) is 0 Å². The highest BCUT2D eigenvalue weighted by Gasteiger charge is 2.25. The maximum Gasteiger partial charge on any atom is 0.0180 e. The van der Waals surface area contributed by atoms with Crippen LogP contribution in [-0.2, 0) is 0 Å². The molecule has 0 aromatic carbocycles. The minimum absolute atomic E-state index is 0.556. The Morgan fingerprint density at radius 2 is 1.83 bits per heavy atom. The van der Waals surface area contributed by atoms with Crippen molar-refractivity contribution in [3.05, 3.63) is 107 Å². The van der Waals surface area contributed by atoms with Crippen LogP contribution in [0.5, 0.6) is 0 Å². The van der Waals surface area contributed by atoms with Crippen LogP contribution in [0.4, 0.5) is 0 Å². The van der Waals surface area contributed by atoms with Crippen LogP contribution < -0.4 is 11.5 Å². The molecule has 0 saturated heterocycles. The molecule has 3 atom stereocenters. The Morgan fingerprint density at radius 3 is 2.37 bits per heavy atom. The van der Waals surface area contributed by atoms with Gasteiger partial charge >= 0.3 is 0 Å². The zero-order valence-electron chi connectivity index (χ0n) is 22.0. The number of nitrogens with two attached hydrogens (primary N) is 2. The first kappa shape index (κ1) is 27.0. The van der Waals surface area contributed by atoms with Gasteiger partial charge in [-0.2, -0.15) is 0 Å². The Morgan fingerprint density at radius 1 is 1.06 bits per heavy atom. The first-order valence-corrected chi connectivity index (χ1v) is 13.6. The number of hydrogen-bond acceptors (Lipinski definition) is 2. The molecule has 0 amide bonds. The molecule has 2 nitrogen and oxygen atoms in total. The van der Waals surface area contributed by atoms with E-state index in [-0.39, 0.29) is 0 Å². The fourth-order valence-electron chi connectivity index (χ4n) is 5.92. The average molecular weight is 471 g/mol. The summed E-state index contributed by atoms with van der Waals surface area (Å²) >= 11 is 0. The maximum atomic E-state index is 6.08. The summed E-state index contributed by atoms with van der Waals surface area (Å²) < 4.78 is 0. The quantitative estimate of drug-likeness (QED) is 0.236. The lowest BCUT2D eigenvalue weighted by Gasteiger charge is -2.31. The van der Waals surface area contributed by atoms with Crippen molar-refractivity contribution < 1.29 is 0 Å². The number of rotatable bonds is 11. The van der Waals surface area contributed by atoms with E-state index in [1.165, 1.54) is 66.4 Å². The monoisotopic (exact) mass is 470 g/mol. The minimum Gasteiger partial charge on any atom is -0.404 e. The summed E-state index contributed by atoms with van der Waals surface area (Å²) in [5.41, 5.74) is 20.5. The molecular formula is C33H46N2. The van der Waals surface area contributed by atoms with Crippen molar-refractivity contribution in [3.8, 4) is 0 Å². The molecule has 0 aromatic rings. The largest absolute Gasteiger partial charge is 0.404 e. The first-order valence-electron chi connectivity index (χ1n) is 13.6. The Bertz CT molecular complexity index is 977. The molecule has 0 fully saturated rings. The Balaban J connectivity index is 1.64. The van der Waals surface area contributed by atoms with E-state index in [4.69, 9.17) is 11.5 Å². The van der Waals surface area contributed by atoms with Crippen molar-refractivity contribution in [3.63, 3.8) is 0 Å². The second-order valence-electron chi connectivity index (χ2n) is 10.2. The van der Waals surface area contributed by atoms with Gasteiger partial charge < -0.3 is 11.5 Å². The highest BCUT2D eigenvalue weighted by molar-refractivity contribution is 5.47. The molecule has 0 radical (unpaired) electrons. The van der Waals surface area contributed by atoms with Crippen LogP contribution >= 0.6 is 0 Å². The molecule has 0 bridgehead atoms. The Kier molecular flexibility index (Phi) is 10.9. The molecule has 0 aromatic heterocycles. The molecule has 3 unspecified atom stereocenters. The smallest absolute Gasteiger partial charge is 0.0180 e. The fraction of sp³-hybridized carbons (Fsp3) is 0.455. The van der Waals surface area contributed by atoms with E-state index in [0.29, 0.717) is 24.3 Å². The molecule has 2 heteroatoms. The summed E-state index contributed by atoms with van der Waals surface area (Å²) in [4.78, 5) is 0. The number of hydrogen-bond donors (Lipinski definition) is 2. The predicted molar refractivity (Wildman–Crippen MR) is 154 cm³/mol. The van der Waals surface area contributed by atoms with E-state index in [1.54, 1.807) is 5.57 Å². The van der Waals surface area contributed by atoms with Gasteiger partial charge in [-0.3, -0.25) is 0 Å². The molecule has 0 saturated carbocycles. The van der Waals surface area contributed by atoms with Gasteiger partial charge in [0, 0.05) is 6.54 Å². The second-order valence-corrected chi connectivity index (χ2v) is 10.2. The minimum atomic E-state index is 0.556. The zero-order chi connectivity index (χ0) is 25.0. The molecule has 0 spiro atoms.